The Morgan fingerprint density at radius 2 is 1.03 bits per heavy atom. The molecule has 5 aromatic carbocycles. The van der Waals surface area contributed by atoms with Crippen molar-refractivity contribution in [1.29, 1.82) is 0 Å². The molecule has 0 spiro atoms. The minimum Gasteiger partial charge on any atom is -0.309 e. The number of fused-ring (bicyclic) bond motifs is 3. The fourth-order valence-corrected chi connectivity index (χ4v) is 6.80. The number of rotatable bonds is 2. The van der Waals surface area contributed by atoms with Gasteiger partial charge in [-0.2, -0.15) is 0 Å². The summed E-state index contributed by atoms with van der Waals surface area (Å²) in [5.41, 5.74) is 7.50. The number of hydrogen-bond acceptors (Lipinski definition) is 1. The molecule has 0 unspecified atom stereocenters. The second-order valence-electron chi connectivity index (χ2n) is 8.60. The van der Waals surface area contributed by atoms with Gasteiger partial charge in [0.25, 0.3) is 0 Å². The van der Waals surface area contributed by atoms with Crippen LogP contribution in [0, 0.1) is 0 Å². The van der Waals surface area contributed by atoms with E-state index in [1.165, 1.54) is 64.4 Å². The van der Waals surface area contributed by atoms with Crippen molar-refractivity contribution in [3.8, 4) is 11.4 Å². The molecule has 3 aromatic heterocycles. The highest BCUT2D eigenvalue weighted by Gasteiger charge is 2.23. The van der Waals surface area contributed by atoms with Crippen molar-refractivity contribution in [3.63, 3.8) is 0 Å². The van der Waals surface area contributed by atoms with Crippen molar-refractivity contribution in [2.45, 2.75) is 0 Å². The van der Waals surface area contributed by atoms with Crippen molar-refractivity contribution in [2.75, 3.05) is 0 Å². The minimum absolute atomic E-state index is 1.20. The van der Waals surface area contributed by atoms with Gasteiger partial charge in [-0.05, 0) is 48.5 Å². The van der Waals surface area contributed by atoms with E-state index in [0.29, 0.717) is 0 Å². The fraction of sp³-hybridized carbons (Fsp3) is 0. The molecule has 0 amide bonds. The van der Waals surface area contributed by atoms with Crippen LogP contribution in [0.4, 0.5) is 0 Å². The zero-order valence-corrected chi connectivity index (χ0v) is 18.5. The Bertz CT molecular complexity index is 1900. The smallest absolute Gasteiger partial charge is 0.0640 e. The van der Waals surface area contributed by atoms with Crippen molar-refractivity contribution in [1.82, 2.24) is 9.13 Å². The number of hydrogen-bond donors (Lipinski definition) is 0. The van der Waals surface area contributed by atoms with E-state index >= 15 is 0 Å². The van der Waals surface area contributed by atoms with E-state index in [-0.39, 0.29) is 0 Å². The summed E-state index contributed by atoms with van der Waals surface area (Å²) in [6.45, 7) is 0. The second-order valence-corrected chi connectivity index (χ2v) is 9.65. The zero-order valence-electron chi connectivity index (χ0n) is 17.7. The molecule has 2 nitrogen and oxygen atoms in total. The van der Waals surface area contributed by atoms with E-state index in [9.17, 15) is 0 Å². The molecular formula is C30H18N2S. The summed E-state index contributed by atoms with van der Waals surface area (Å²) in [4.78, 5) is 0. The number of nitrogens with zero attached hydrogens (tertiary/aromatic N) is 2. The fourth-order valence-electron chi connectivity index (χ4n) is 5.60. The predicted molar refractivity (Wildman–Crippen MR) is 142 cm³/mol. The molecule has 0 radical (unpaired) electrons. The predicted octanol–water partition coefficient (Wildman–Crippen LogP) is 8.53. The summed E-state index contributed by atoms with van der Waals surface area (Å²) < 4.78 is 7.55. The van der Waals surface area contributed by atoms with Gasteiger partial charge in [0.05, 0.1) is 32.5 Å². The number of aromatic nitrogens is 2. The first-order chi connectivity index (χ1) is 16.4. The summed E-state index contributed by atoms with van der Waals surface area (Å²) in [6.07, 6.45) is 0. The SMILES string of the molecule is c1ccc(-n2c3cccc4c3c3c2cccc3n4-c2cccc3c2sc2ccccc23)cc1. The molecule has 3 heteroatoms. The van der Waals surface area contributed by atoms with E-state index < -0.39 is 0 Å². The van der Waals surface area contributed by atoms with Gasteiger partial charge in [0, 0.05) is 31.9 Å². The molecule has 0 aliphatic heterocycles. The van der Waals surface area contributed by atoms with Gasteiger partial charge in [-0.1, -0.05) is 60.7 Å². The Hall–Kier alpha value is -4.08. The number of benzene rings is 5. The summed E-state index contributed by atoms with van der Waals surface area (Å²) in [5.74, 6) is 0. The van der Waals surface area contributed by atoms with E-state index in [4.69, 9.17) is 0 Å². The highest BCUT2D eigenvalue weighted by atomic mass is 32.1. The number of thiophene rings is 1. The molecule has 3 heterocycles. The lowest BCUT2D eigenvalue weighted by atomic mass is 10.1. The van der Waals surface area contributed by atoms with Crippen molar-refractivity contribution >= 4 is 64.3 Å². The molecular weight excluding hydrogens is 420 g/mol. The standard InChI is InChI=1S/C30H18N2S/c1-2-9-19(10-3-1)31-22-13-7-15-24-28(22)29-23(31)14-8-16-25(29)32(24)26-17-6-12-21-20-11-4-5-18-27(20)33-30(21)26/h1-18H. The Morgan fingerprint density at radius 3 is 1.76 bits per heavy atom. The lowest BCUT2D eigenvalue weighted by Crippen LogP contribution is -1.97. The average Bonchev–Trinajstić information content (AvgIpc) is 3.53. The molecule has 0 atom stereocenters. The summed E-state index contributed by atoms with van der Waals surface area (Å²) in [7, 11) is 0. The molecule has 33 heavy (non-hydrogen) atoms. The lowest BCUT2D eigenvalue weighted by molar-refractivity contribution is 1.16. The molecule has 0 saturated heterocycles. The molecule has 0 fully saturated rings. The van der Waals surface area contributed by atoms with Crippen LogP contribution >= 0.6 is 11.3 Å². The third kappa shape index (κ3) is 2.17. The molecule has 0 bridgehead atoms. The Balaban J connectivity index is 1.55. The van der Waals surface area contributed by atoms with Gasteiger partial charge in [0.1, 0.15) is 0 Å². The van der Waals surface area contributed by atoms with Crippen LogP contribution in [0.3, 0.4) is 0 Å². The van der Waals surface area contributed by atoms with E-state index in [0.717, 1.165) is 0 Å². The maximum absolute atomic E-state index is 2.47. The van der Waals surface area contributed by atoms with Gasteiger partial charge in [-0.3, -0.25) is 0 Å². The first kappa shape index (κ1) is 17.5. The molecule has 0 aliphatic rings. The molecule has 0 N–H and O–H groups in total. The maximum Gasteiger partial charge on any atom is 0.0640 e. The quantitative estimate of drug-likeness (QED) is 0.256. The van der Waals surface area contributed by atoms with E-state index in [1.54, 1.807) is 0 Å². The van der Waals surface area contributed by atoms with Crippen LogP contribution in [-0.4, -0.2) is 9.13 Å². The second kappa shape index (κ2) is 6.25. The zero-order chi connectivity index (χ0) is 21.5. The monoisotopic (exact) mass is 438 g/mol. The van der Waals surface area contributed by atoms with Crippen molar-refractivity contribution in [3.05, 3.63) is 109 Å². The van der Waals surface area contributed by atoms with Gasteiger partial charge < -0.3 is 9.13 Å². The van der Waals surface area contributed by atoms with Gasteiger partial charge in [-0.25, -0.2) is 0 Å². The van der Waals surface area contributed by atoms with Crippen LogP contribution in [-0.2, 0) is 0 Å². The van der Waals surface area contributed by atoms with Gasteiger partial charge in [-0.15, -0.1) is 11.3 Å². The molecule has 8 rings (SSSR count). The normalized spacial score (nSPS) is 12.2. The van der Waals surface area contributed by atoms with E-state index in [1.807, 2.05) is 11.3 Å². The first-order valence-electron chi connectivity index (χ1n) is 11.2. The Kier molecular flexibility index (Phi) is 3.31. The molecule has 154 valence electrons. The van der Waals surface area contributed by atoms with Gasteiger partial charge in [0.2, 0.25) is 0 Å². The van der Waals surface area contributed by atoms with Crippen molar-refractivity contribution in [2.24, 2.45) is 0 Å². The van der Waals surface area contributed by atoms with Crippen LogP contribution in [0.1, 0.15) is 0 Å². The van der Waals surface area contributed by atoms with Gasteiger partial charge in [0.15, 0.2) is 0 Å². The summed E-state index contributed by atoms with van der Waals surface area (Å²) in [5, 5.41) is 5.34. The topological polar surface area (TPSA) is 9.86 Å². The average molecular weight is 439 g/mol. The minimum atomic E-state index is 1.20. The Labute approximate surface area is 193 Å². The maximum atomic E-state index is 2.47. The van der Waals surface area contributed by atoms with Crippen LogP contribution < -0.4 is 0 Å². The van der Waals surface area contributed by atoms with Crippen LogP contribution in [0.5, 0.6) is 0 Å². The van der Waals surface area contributed by atoms with Crippen LogP contribution in [0.15, 0.2) is 109 Å². The molecule has 0 aliphatic carbocycles. The molecule has 0 saturated carbocycles. The molecule has 8 aromatic rings. The highest BCUT2D eigenvalue weighted by Crippen LogP contribution is 2.44. The third-order valence-electron chi connectivity index (χ3n) is 6.89. The summed E-state index contributed by atoms with van der Waals surface area (Å²) in [6, 6.07) is 39.6. The third-order valence-corrected chi connectivity index (χ3v) is 8.10. The first-order valence-corrected chi connectivity index (χ1v) is 12.0. The van der Waals surface area contributed by atoms with Gasteiger partial charge >= 0.3 is 0 Å². The van der Waals surface area contributed by atoms with Crippen LogP contribution in [0.25, 0.3) is 64.4 Å². The Morgan fingerprint density at radius 1 is 0.455 bits per heavy atom. The van der Waals surface area contributed by atoms with Crippen molar-refractivity contribution < 1.29 is 0 Å². The lowest BCUT2D eigenvalue weighted by Gasteiger charge is -2.13. The number of para-hydroxylation sites is 1. The highest BCUT2D eigenvalue weighted by molar-refractivity contribution is 7.26. The van der Waals surface area contributed by atoms with E-state index in [2.05, 4.69) is 118 Å². The summed E-state index contributed by atoms with van der Waals surface area (Å²) >= 11 is 1.89. The largest absolute Gasteiger partial charge is 0.309 e. The van der Waals surface area contributed by atoms with Crippen LogP contribution in [0.2, 0.25) is 0 Å².